The van der Waals surface area contributed by atoms with Gasteiger partial charge in [-0.15, -0.1) is 0 Å². The van der Waals surface area contributed by atoms with Gasteiger partial charge in [-0.2, -0.15) is 0 Å². The number of benzene rings is 1. The van der Waals surface area contributed by atoms with E-state index in [4.69, 9.17) is 0 Å². The molecule has 1 aromatic carbocycles. The van der Waals surface area contributed by atoms with Gasteiger partial charge in [-0.05, 0) is 31.9 Å². The zero-order chi connectivity index (χ0) is 12.8. The minimum atomic E-state index is -3.18. The van der Waals surface area contributed by atoms with Gasteiger partial charge in [0.25, 0.3) is 0 Å². The van der Waals surface area contributed by atoms with E-state index in [9.17, 15) is 8.42 Å². The maximum Gasteiger partial charge on any atom is 0.215 e. The number of aromatic amines is 1. The Labute approximate surface area is 106 Å². The molecule has 0 amide bonds. The topological polar surface area (TPSA) is 74.8 Å². The summed E-state index contributed by atoms with van der Waals surface area (Å²) >= 11 is 0. The van der Waals surface area contributed by atoms with Crippen LogP contribution in [0.15, 0.2) is 24.3 Å². The summed E-state index contributed by atoms with van der Waals surface area (Å²) in [6.07, 6.45) is 1.53. The van der Waals surface area contributed by atoms with E-state index >= 15 is 0 Å². The maximum atomic E-state index is 11.8. The van der Waals surface area contributed by atoms with Gasteiger partial charge in [-0.1, -0.05) is 12.1 Å². The van der Waals surface area contributed by atoms with Gasteiger partial charge < -0.3 is 4.98 Å². The Kier molecular flexibility index (Phi) is 2.64. The summed E-state index contributed by atoms with van der Waals surface area (Å²) < 4.78 is 26.4. The number of aromatic nitrogens is 2. The van der Waals surface area contributed by atoms with E-state index in [1.54, 1.807) is 6.92 Å². The largest absolute Gasteiger partial charge is 0.341 e. The Hall–Kier alpha value is -1.40. The lowest BCUT2D eigenvalue weighted by Gasteiger charge is -2.11. The summed E-state index contributed by atoms with van der Waals surface area (Å²) in [5, 5.41) is -0.204. The van der Waals surface area contributed by atoms with Crippen molar-refractivity contribution >= 4 is 21.1 Å². The highest BCUT2D eigenvalue weighted by Gasteiger charge is 2.36. The molecular formula is C12H15N3O2S. The van der Waals surface area contributed by atoms with Crippen molar-refractivity contribution < 1.29 is 8.42 Å². The van der Waals surface area contributed by atoms with Crippen LogP contribution in [0, 0.1) is 0 Å². The van der Waals surface area contributed by atoms with Crippen LogP contribution >= 0.6 is 0 Å². The Balaban J connectivity index is 1.85. The lowest BCUT2D eigenvalue weighted by Crippen LogP contribution is -2.30. The van der Waals surface area contributed by atoms with E-state index in [-0.39, 0.29) is 11.3 Å². The lowest BCUT2D eigenvalue weighted by atomic mass is 10.3. The van der Waals surface area contributed by atoms with Crippen LogP contribution < -0.4 is 4.72 Å². The number of hydrogen-bond acceptors (Lipinski definition) is 3. The van der Waals surface area contributed by atoms with Crippen molar-refractivity contribution in [2.75, 3.05) is 0 Å². The molecular weight excluding hydrogens is 250 g/mol. The van der Waals surface area contributed by atoms with Crippen LogP contribution in [0.5, 0.6) is 0 Å². The van der Waals surface area contributed by atoms with Gasteiger partial charge in [0, 0.05) is 0 Å². The predicted molar refractivity (Wildman–Crippen MR) is 69.6 cm³/mol. The molecule has 3 rings (SSSR count). The molecule has 1 aliphatic rings. The average Bonchev–Trinajstić information content (AvgIpc) is 3.08. The molecule has 6 heteroatoms. The first-order chi connectivity index (χ1) is 8.56. The van der Waals surface area contributed by atoms with Crippen LogP contribution in [-0.4, -0.2) is 23.6 Å². The monoisotopic (exact) mass is 265 g/mol. The van der Waals surface area contributed by atoms with E-state index in [0.29, 0.717) is 5.82 Å². The third kappa shape index (κ3) is 2.13. The molecule has 0 saturated heterocycles. The molecule has 96 valence electrons. The fourth-order valence-electron chi connectivity index (χ4n) is 1.95. The summed E-state index contributed by atoms with van der Waals surface area (Å²) in [5.41, 5.74) is 1.77. The van der Waals surface area contributed by atoms with Gasteiger partial charge in [-0.3, -0.25) is 0 Å². The highest BCUT2D eigenvalue weighted by atomic mass is 32.2. The van der Waals surface area contributed by atoms with Crippen LogP contribution in [0.2, 0.25) is 0 Å². The van der Waals surface area contributed by atoms with Crippen LogP contribution in [-0.2, 0) is 10.0 Å². The van der Waals surface area contributed by atoms with Crippen molar-refractivity contribution in [3.05, 3.63) is 30.1 Å². The number of hydrogen-bond donors (Lipinski definition) is 2. The molecule has 1 aliphatic carbocycles. The Morgan fingerprint density at radius 1 is 1.39 bits per heavy atom. The number of H-pyrrole nitrogens is 1. The molecule has 5 nitrogen and oxygen atoms in total. The third-order valence-electron chi connectivity index (χ3n) is 3.12. The Morgan fingerprint density at radius 2 is 2.11 bits per heavy atom. The number of nitrogens with zero attached hydrogens (tertiary/aromatic N) is 1. The SMILES string of the molecule is CC(NS(=O)(=O)C1CC1)c1nc2ccccc2[nH]1. The molecule has 1 heterocycles. The lowest BCUT2D eigenvalue weighted by molar-refractivity contribution is 0.560. The average molecular weight is 265 g/mol. The molecule has 0 radical (unpaired) electrons. The quantitative estimate of drug-likeness (QED) is 0.883. The molecule has 18 heavy (non-hydrogen) atoms. The molecule has 2 aromatic rings. The van der Waals surface area contributed by atoms with E-state index in [1.807, 2.05) is 24.3 Å². The van der Waals surface area contributed by atoms with Crippen LogP contribution in [0.25, 0.3) is 11.0 Å². The van der Waals surface area contributed by atoms with Crippen molar-refractivity contribution in [3.63, 3.8) is 0 Å². The van der Waals surface area contributed by atoms with Gasteiger partial charge in [0.2, 0.25) is 10.0 Å². The highest BCUT2D eigenvalue weighted by Crippen LogP contribution is 2.29. The number of sulfonamides is 1. The summed E-state index contributed by atoms with van der Waals surface area (Å²) in [6, 6.07) is 7.32. The molecule has 1 saturated carbocycles. The zero-order valence-electron chi connectivity index (χ0n) is 10.1. The smallest absolute Gasteiger partial charge is 0.215 e. The van der Waals surface area contributed by atoms with E-state index in [1.165, 1.54) is 0 Å². The second kappa shape index (κ2) is 4.07. The summed E-state index contributed by atoms with van der Waals surface area (Å²) in [5.74, 6) is 0.653. The number of para-hydroxylation sites is 2. The molecule has 1 atom stereocenters. The minimum Gasteiger partial charge on any atom is -0.341 e. The first-order valence-electron chi connectivity index (χ1n) is 6.02. The van der Waals surface area contributed by atoms with E-state index < -0.39 is 10.0 Å². The second-order valence-electron chi connectivity index (χ2n) is 4.72. The minimum absolute atomic E-state index is 0.204. The van der Waals surface area contributed by atoms with Gasteiger partial charge in [0.05, 0.1) is 22.3 Å². The summed E-state index contributed by atoms with van der Waals surface area (Å²) in [6.45, 7) is 1.80. The number of nitrogens with one attached hydrogen (secondary N) is 2. The molecule has 1 unspecified atom stereocenters. The zero-order valence-corrected chi connectivity index (χ0v) is 10.9. The number of fused-ring (bicyclic) bond motifs is 1. The van der Waals surface area contributed by atoms with Crippen LogP contribution in [0.1, 0.15) is 31.6 Å². The molecule has 2 N–H and O–H groups in total. The Morgan fingerprint density at radius 3 is 2.78 bits per heavy atom. The van der Waals surface area contributed by atoms with Crippen molar-refractivity contribution in [2.24, 2.45) is 0 Å². The van der Waals surface area contributed by atoms with E-state index in [0.717, 1.165) is 23.9 Å². The van der Waals surface area contributed by atoms with Gasteiger partial charge >= 0.3 is 0 Å². The molecule has 0 spiro atoms. The van der Waals surface area contributed by atoms with Gasteiger partial charge in [0.1, 0.15) is 5.82 Å². The molecule has 1 fully saturated rings. The fraction of sp³-hybridized carbons (Fsp3) is 0.417. The van der Waals surface area contributed by atoms with Crippen LogP contribution in [0.3, 0.4) is 0 Å². The second-order valence-corrected chi connectivity index (χ2v) is 6.72. The molecule has 1 aromatic heterocycles. The maximum absolute atomic E-state index is 11.8. The first-order valence-corrected chi connectivity index (χ1v) is 7.57. The van der Waals surface area contributed by atoms with Crippen molar-refractivity contribution in [1.82, 2.24) is 14.7 Å². The highest BCUT2D eigenvalue weighted by molar-refractivity contribution is 7.90. The van der Waals surface area contributed by atoms with Crippen molar-refractivity contribution in [1.29, 1.82) is 0 Å². The van der Waals surface area contributed by atoms with E-state index in [2.05, 4.69) is 14.7 Å². The summed E-state index contributed by atoms with van der Waals surface area (Å²) in [4.78, 5) is 7.53. The van der Waals surface area contributed by atoms with Crippen molar-refractivity contribution in [3.8, 4) is 0 Å². The van der Waals surface area contributed by atoms with Gasteiger partial charge in [-0.25, -0.2) is 18.1 Å². The van der Waals surface area contributed by atoms with Crippen molar-refractivity contribution in [2.45, 2.75) is 31.1 Å². The molecule has 0 aliphatic heterocycles. The molecule has 0 bridgehead atoms. The first kappa shape index (κ1) is 11.7. The standard InChI is InChI=1S/C12H15N3O2S/c1-8(15-18(16,17)9-6-7-9)12-13-10-4-2-3-5-11(10)14-12/h2-5,8-9,15H,6-7H2,1H3,(H,13,14). The number of imidazole rings is 1. The predicted octanol–water partition coefficient (Wildman–Crippen LogP) is 1.71. The normalized spacial score (nSPS) is 18.1. The third-order valence-corrected chi connectivity index (χ3v) is 5.15. The van der Waals surface area contributed by atoms with Crippen LogP contribution in [0.4, 0.5) is 0 Å². The van der Waals surface area contributed by atoms with Gasteiger partial charge in [0.15, 0.2) is 0 Å². The Bertz CT molecular complexity index is 640. The number of rotatable bonds is 4. The fourth-order valence-corrected chi connectivity index (χ4v) is 3.51. The summed E-state index contributed by atoms with van der Waals surface area (Å²) in [7, 11) is -3.18.